The first-order valence-corrected chi connectivity index (χ1v) is 4.83. The van der Waals surface area contributed by atoms with Gasteiger partial charge in [-0.3, -0.25) is 9.48 Å². The predicted octanol–water partition coefficient (Wildman–Crippen LogP) is 2.55. The maximum atomic E-state index is 10.7. The normalized spacial score (nSPS) is 10.3. The van der Waals surface area contributed by atoms with E-state index in [1.54, 1.807) is 23.9 Å². The van der Waals surface area contributed by atoms with Gasteiger partial charge >= 0.3 is 0 Å². The van der Waals surface area contributed by atoms with E-state index in [2.05, 4.69) is 5.10 Å². The van der Waals surface area contributed by atoms with Crippen molar-refractivity contribution in [2.45, 2.75) is 0 Å². The first-order chi connectivity index (χ1) is 7.20. The number of nitrogens with zero attached hydrogens (tertiary/aromatic N) is 2. The van der Waals surface area contributed by atoms with Crippen molar-refractivity contribution >= 4 is 17.9 Å². The molecule has 0 N–H and O–H groups in total. The summed E-state index contributed by atoms with van der Waals surface area (Å²) in [7, 11) is 1.73. The first-order valence-electron chi connectivity index (χ1n) is 4.46. The molecule has 15 heavy (non-hydrogen) atoms. The summed E-state index contributed by atoms with van der Waals surface area (Å²) in [4.78, 5) is 10.7. The van der Waals surface area contributed by atoms with Gasteiger partial charge in [0.15, 0.2) is 6.29 Å². The Hall–Kier alpha value is -1.61. The summed E-state index contributed by atoms with van der Waals surface area (Å²) >= 11 is 5.87. The first kappa shape index (κ1) is 9.93. The van der Waals surface area contributed by atoms with Crippen LogP contribution in [-0.4, -0.2) is 16.1 Å². The molecule has 3 nitrogen and oxygen atoms in total. The number of aryl methyl sites for hydroxylation is 1. The number of benzene rings is 1. The molecule has 0 unspecified atom stereocenters. The zero-order chi connectivity index (χ0) is 10.8. The van der Waals surface area contributed by atoms with Crippen LogP contribution in [0.4, 0.5) is 0 Å². The third kappa shape index (κ3) is 1.92. The molecule has 0 aliphatic carbocycles. The Bertz CT molecular complexity index is 505. The fourth-order valence-electron chi connectivity index (χ4n) is 1.38. The summed E-state index contributed by atoms with van der Waals surface area (Å²) in [5, 5.41) is 4.88. The predicted molar refractivity (Wildman–Crippen MR) is 59.0 cm³/mol. The lowest BCUT2D eigenvalue weighted by Crippen LogP contribution is -1.95. The van der Waals surface area contributed by atoms with Crippen molar-refractivity contribution in [3.8, 4) is 11.3 Å². The van der Waals surface area contributed by atoms with Crippen molar-refractivity contribution in [3.05, 3.63) is 41.0 Å². The zero-order valence-electron chi connectivity index (χ0n) is 8.14. The van der Waals surface area contributed by atoms with E-state index < -0.39 is 0 Å². The second-order valence-corrected chi connectivity index (χ2v) is 3.64. The SMILES string of the molecule is Cn1nc(-c2cccc(Cl)c2)cc1C=O. The van der Waals surface area contributed by atoms with Gasteiger partial charge in [-0.1, -0.05) is 23.7 Å². The molecule has 1 heterocycles. The number of hydrogen-bond acceptors (Lipinski definition) is 2. The van der Waals surface area contributed by atoms with Gasteiger partial charge in [-0.25, -0.2) is 0 Å². The Morgan fingerprint density at radius 2 is 2.20 bits per heavy atom. The molecule has 0 amide bonds. The molecular weight excluding hydrogens is 212 g/mol. The van der Waals surface area contributed by atoms with Crippen LogP contribution in [0.5, 0.6) is 0 Å². The Labute approximate surface area is 92.3 Å². The standard InChI is InChI=1S/C11H9ClN2O/c1-14-10(7-15)6-11(13-14)8-3-2-4-9(12)5-8/h2-7H,1H3. The van der Waals surface area contributed by atoms with E-state index in [1.807, 2.05) is 18.2 Å². The lowest BCUT2D eigenvalue weighted by molar-refractivity contribution is 0.111. The molecule has 4 heteroatoms. The molecule has 0 radical (unpaired) electrons. The van der Waals surface area contributed by atoms with Gasteiger partial charge in [0, 0.05) is 17.6 Å². The molecule has 0 aliphatic heterocycles. The molecule has 0 saturated heterocycles. The smallest absolute Gasteiger partial charge is 0.168 e. The summed E-state index contributed by atoms with van der Waals surface area (Å²) in [6.45, 7) is 0. The topological polar surface area (TPSA) is 34.9 Å². The van der Waals surface area contributed by atoms with Gasteiger partial charge in [0.05, 0.1) is 5.69 Å². The Morgan fingerprint density at radius 1 is 1.40 bits per heavy atom. The zero-order valence-corrected chi connectivity index (χ0v) is 8.90. The summed E-state index contributed by atoms with van der Waals surface area (Å²) in [5.41, 5.74) is 2.21. The van der Waals surface area contributed by atoms with E-state index in [0.29, 0.717) is 10.7 Å². The van der Waals surface area contributed by atoms with Crippen LogP contribution in [0.25, 0.3) is 11.3 Å². The van der Waals surface area contributed by atoms with Gasteiger partial charge in [0.2, 0.25) is 0 Å². The number of carbonyl (C=O) groups is 1. The average Bonchev–Trinajstić information content (AvgIpc) is 2.60. The van der Waals surface area contributed by atoms with Crippen molar-refractivity contribution in [2.75, 3.05) is 0 Å². The van der Waals surface area contributed by atoms with E-state index in [4.69, 9.17) is 11.6 Å². The van der Waals surface area contributed by atoms with Gasteiger partial charge in [0.1, 0.15) is 5.69 Å². The molecule has 0 saturated carbocycles. The minimum atomic E-state index is 0.546. The number of rotatable bonds is 2. The summed E-state index contributed by atoms with van der Waals surface area (Å²) in [5.74, 6) is 0. The van der Waals surface area contributed by atoms with Crippen molar-refractivity contribution in [3.63, 3.8) is 0 Å². The minimum absolute atomic E-state index is 0.546. The van der Waals surface area contributed by atoms with Gasteiger partial charge in [-0.05, 0) is 18.2 Å². The summed E-state index contributed by atoms with van der Waals surface area (Å²) < 4.78 is 1.54. The molecule has 2 aromatic rings. The second kappa shape index (κ2) is 3.87. The highest BCUT2D eigenvalue weighted by Gasteiger charge is 2.06. The molecule has 0 fully saturated rings. The van der Waals surface area contributed by atoms with Gasteiger partial charge in [-0.2, -0.15) is 5.10 Å². The van der Waals surface area contributed by atoms with E-state index >= 15 is 0 Å². The van der Waals surface area contributed by atoms with Crippen LogP contribution < -0.4 is 0 Å². The third-order valence-electron chi connectivity index (χ3n) is 2.16. The number of aromatic nitrogens is 2. The number of aldehydes is 1. The molecule has 0 aliphatic rings. The van der Waals surface area contributed by atoms with E-state index in [0.717, 1.165) is 17.5 Å². The quantitative estimate of drug-likeness (QED) is 0.729. The molecule has 76 valence electrons. The number of carbonyl (C=O) groups excluding carboxylic acids is 1. The fraction of sp³-hybridized carbons (Fsp3) is 0.0909. The van der Waals surface area contributed by atoms with E-state index in [-0.39, 0.29) is 0 Å². The highest BCUT2D eigenvalue weighted by Crippen LogP contribution is 2.21. The largest absolute Gasteiger partial charge is 0.296 e. The summed E-state index contributed by atoms with van der Waals surface area (Å²) in [6.07, 6.45) is 0.779. The van der Waals surface area contributed by atoms with Crippen LogP contribution in [0.15, 0.2) is 30.3 Å². The van der Waals surface area contributed by atoms with Crippen LogP contribution in [0.3, 0.4) is 0 Å². The molecule has 2 rings (SSSR count). The average molecular weight is 221 g/mol. The van der Waals surface area contributed by atoms with Crippen LogP contribution in [-0.2, 0) is 7.05 Å². The number of halogens is 1. The molecule has 0 bridgehead atoms. The molecule has 0 atom stereocenters. The molecule has 1 aromatic heterocycles. The van der Waals surface area contributed by atoms with Crippen molar-refractivity contribution in [1.82, 2.24) is 9.78 Å². The lowest BCUT2D eigenvalue weighted by atomic mass is 10.1. The maximum absolute atomic E-state index is 10.7. The van der Waals surface area contributed by atoms with Crippen molar-refractivity contribution < 1.29 is 4.79 Å². The van der Waals surface area contributed by atoms with Gasteiger partial charge < -0.3 is 0 Å². The van der Waals surface area contributed by atoms with Crippen LogP contribution in [0.2, 0.25) is 5.02 Å². The Kier molecular flexibility index (Phi) is 2.56. The highest BCUT2D eigenvalue weighted by molar-refractivity contribution is 6.30. The van der Waals surface area contributed by atoms with Crippen molar-refractivity contribution in [2.24, 2.45) is 7.05 Å². The lowest BCUT2D eigenvalue weighted by Gasteiger charge is -1.96. The van der Waals surface area contributed by atoms with E-state index in [1.165, 1.54) is 0 Å². The van der Waals surface area contributed by atoms with Gasteiger partial charge in [0.25, 0.3) is 0 Å². The van der Waals surface area contributed by atoms with Crippen LogP contribution in [0.1, 0.15) is 10.5 Å². The van der Waals surface area contributed by atoms with Crippen molar-refractivity contribution in [1.29, 1.82) is 0 Å². The maximum Gasteiger partial charge on any atom is 0.168 e. The van der Waals surface area contributed by atoms with Crippen LogP contribution in [0, 0.1) is 0 Å². The van der Waals surface area contributed by atoms with Crippen LogP contribution >= 0.6 is 11.6 Å². The Balaban J connectivity index is 2.49. The molecule has 0 spiro atoms. The Morgan fingerprint density at radius 3 is 2.80 bits per heavy atom. The fourth-order valence-corrected chi connectivity index (χ4v) is 1.57. The van der Waals surface area contributed by atoms with E-state index in [9.17, 15) is 4.79 Å². The number of hydrogen-bond donors (Lipinski definition) is 0. The monoisotopic (exact) mass is 220 g/mol. The molecular formula is C11H9ClN2O. The van der Waals surface area contributed by atoms with Gasteiger partial charge in [-0.15, -0.1) is 0 Å². The third-order valence-corrected chi connectivity index (χ3v) is 2.39. The second-order valence-electron chi connectivity index (χ2n) is 3.21. The highest BCUT2D eigenvalue weighted by atomic mass is 35.5. The minimum Gasteiger partial charge on any atom is -0.296 e. The summed E-state index contributed by atoms with van der Waals surface area (Å²) in [6, 6.07) is 9.11. The molecule has 1 aromatic carbocycles.